The monoisotopic (exact) mass is 389 g/mol. The number of rotatable bonds is 4. The maximum absolute atomic E-state index is 13.1. The summed E-state index contributed by atoms with van der Waals surface area (Å²) in [6, 6.07) is 12.3. The predicted octanol–water partition coefficient (Wildman–Crippen LogP) is 2.89. The number of carbonyl (C=O) groups is 1. The largest absolute Gasteiger partial charge is 0.338 e. The van der Waals surface area contributed by atoms with E-state index in [2.05, 4.69) is 44.1 Å². The molecule has 3 aromatic rings. The number of hydrogen-bond donors (Lipinski definition) is 1. The minimum absolute atomic E-state index is 0.0872. The van der Waals surface area contributed by atoms with Crippen molar-refractivity contribution in [2.45, 2.75) is 32.2 Å². The first-order valence-corrected chi connectivity index (χ1v) is 10.6. The van der Waals surface area contributed by atoms with E-state index < -0.39 is 0 Å². The van der Waals surface area contributed by atoms with Gasteiger partial charge in [-0.1, -0.05) is 30.3 Å². The van der Waals surface area contributed by atoms with Crippen LogP contribution in [0.4, 0.5) is 0 Å². The van der Waals surface area contributed by atoms with Crippen LogP contribution in [-0.4, -0.2) is 51.5 Å². The summed E-state index contributed by atoms with van der Waals surface area (Å²) in [5.41, 5.74) is 3.84. The maximum Gasteiger partial charge on any atom is 0.255 e. The van der Waals surface area contributed by atoms with Gasteiger partial charge in [-0.25, -0.2) is 9.97 Å². The van der Waals surface area contributed by atoms with E-state index >= 15 is 0 Å². The van der Waals surface area contributed by atoms with Gasteiger partial charge in [0.05, 0.1) is 11.9 Å². The predicted molar refractivity (Wildman–Crippen MR) is 113 cm³/mol. The Balaban J connectivity index is 1.31. The molecule has 1 unspecified atom stereocenters. The van der Waals surface area contributed by atoms with Crippen LogP contribution in [-0.2, 0) is 13.0 Å². The number of aromatic nitrogens is 3. The van der Waals surface area contributed by atoms with Crippen LogP contribution in [0.2, 0.25) is 0 Å². The number of likely N-dealkylation sites (tertiary alicyclic amines) is 1. The number of piperidine rings is 1. The van der Waals surface area contributed by atoms with E-state index in [1.807, 2.05) is 23.4 Å². The smallest absolute Gasteiger partial charge is 0.255 e. The fourth-order valence-electron chi connectivity index (χ4n) is 4.83. The molecule has 1 spiro atoms. The minimum atomic E-state index is 0.0872. The zero-order valence-corrected chi connectivity index (χ0v) is 16.7. The Bertz CT molecular complexity index is 1010. The molecule has 6 heteroatoms. The number of carbonyl (C=O) groups excluding carboxylic acids is 1. The van der Waals surface area contributed by atoms with Gasteiger partial charge >= 0.3 is 0 Å². The zero-order valence-electron chi connectivity index (χ0n) is 16.7. The first-order valence-electron chi connectivity index (χ1n) is 10.6. The topological polar surface area (TPSA) is 63.1 Å². The summed E-state index contributed by atoms with van der Waals surface area (Å²) in [4.78, 5) is 24.3. The van der Waals surface area contributed by atoms with E-state index in [0.29, 0.717) is 5.56 Å². The Kier molecular flexibility index (Phi) is 4.79. The quantitative estimate of drug-likeness (QED) is 0.745. The van der Waals surface area contributed by atoms with Crippen LogP contribution in [0.15, 0.2) is 48.9 Å². The minimum Gasteiger partial charge on any atom is -0.338 e. The van der Waals surface area contributed by atoms with Crippen LogP contribution < -0.4 is 5.32 Å². The molecule has 6 nitrogen and oxygen atoms in total. The van der Waals surface area contributed by atoms with Crippen LogP contribution in [0.1, 0.15) is 35.2 Å². The number of pyridine rings is 1. The van der Waals surface area contributed by atoms with E-state index in [1.165, 1.54) is 18.4 Å². The lowest BCUT2D eigenvalue weighted by atomic mass is 9.79. The summed E-state index contributed by atoms with van der Waals surface area (Å²) in [6.07, 6.45) is 7.94. The van der Waals surface area contributed by atoms with Crippen LogP contribution in [0, 0.1) is 5.41 Å². The molecule has 29 heavy (non-hydrogen) atoms. The molecule has 1 aromatic carbocycles. The van der Waals surface area contributed by atoms with Crippen molar-refractivity contribution < 1.29 is 4.79 Å². The Morgan fingerprint density at radius 2 is 2.07 bits per heavy atom. The second-order valence-corrected chi connectivity index (χ2v) is 8.50. The Morgan fingerprint density at radius 3 is 2.90 bits per heavy atom. The summed E-state index contributed by atoms with van der Waals surface area (Å²) >= 11 is 0. The average molecular weight is 390 g/mol. The average Bonchev–Trinajstić information content (AvgIpc) is 3.39. The Morgan fingerprint density at radius 1 is 1.17 bits per heavy atom. The lowest BCUT2D eigenvalue weighted by molar-refractivity contribution is 0.0553. The van der Waals surface area contributed by atoms with Gasteiger partial charge in [-0.3, -0.25) is 4.79 Å². The first kappa shape index (κ1) is 18.3. The van der Waals surface area contributed by atoms with Crippen LogP contribution in [0.5, 0.6) is 0 Å². The molecule has 0 aliphatic carbocycles. The van der Waals surface area contributed by atoms with Gasteiger partial charge in [-0.15, -0.1) is 0 Å². The molecule has 1 atom stereocenters. The molecule has 0 saturated carbocycles. The van der Waals surface area contributed by atoms with Gasteiger partial charge in [0.1, 0.15) is 5.52 Å². The molecule has 150 valence electrons. The van der Waals surface area contributed by atoms with Gasteiger partial charge in [0, 0.05) is 37.8 Å². The molecule has 2 fully saturated rings. The zero-order chi connectivity index (χ0) is 19.7. The van der Waals surface area contributed by atoms with Crippen molar-refractivity contribution >= 4 is 17.1 Å². The highest BCUT2D eigenvalue weighted by molar-refractivity contribution is 5.96. The normalized spacial score (nSPS) is 21.9. The molecular weight excluding hydrogens is 362 g/mol. The van der Waals surface area contributed by atoms with E-state index in [4.69, 9.17) is 0 Å². The van der Waals surface area contributed by atoms with Gasteiger partial charge in [0.2, 0.25) is 0 Å². The summed E-state index contributed by atoms with van der Waals surface area (Å²) in [5, 5.41) is 3.47. The fourth-order valence-corrected chi connectivity index (χ4v) is 4.83. The maximum atomic E-state index is 13.1. The Labute approximate surface area is 171 Å². The molecule has 1 amide bonds. The third kappa shape index (κ3) is 3.65. The summed E-state index contributed by atoms with van der Waals surface area (Å²) in [5.74, 6) is 0.0872. The van der Waals surface area contributed by atoms with Crippen molar-refractivity contribution in [2.75, 3.05) is 26.2 Å². The molecule has 2 saturated heterocycles. The van der Waals surface area contributed by atoms with Crippen molar-refractivity contribution in [1.29, 1.82) is 0 Å². The number of fused-ring (bicyclic) bond motifs is 1. The van der Waals surface area contributed by atoms with Gasteiger partial charge < -0.3 is 14.8 Å². The number of benzene rings is 1. The van der Waals surface area contributed by atoms with E-state index in [1.54, 1.807) is 6.20 Å². The number of hydrogen-bond acceptors (Lipinski definition) is 4. The van der Waals surface area contributed by atoms with Crippen molar-refractivity contribution in [3.8, 4) is 0 Å². The fraction of sp³-hybridized carbons (Fsp3) is 0.435. The second kappa shape index (κ2) is 7.59. The van der Waals surface area contributed by atoms with E-state index in [9.17, 15) is 4.79 Å². The first-order chi connectivity index (χ1) is 14.2. The molecule has 0 bridgehead atoms. The van der Waals surface area contributed by atoms with E-state index in [0.717, 1.165) is 56.7 Å². The summed E-state index contributed by atoms with van der Waals surface area (Å²) in [6.45, 7) is 4.60. The third-order valence-corrected chi connectivity index (χ3v) is 6.47. The number of nitrogens with one attached hydrogen (secondary N) is 1. The van der Waals surface area contributed by atoms with Crippen molar-refractivity contribution in [3.63, 3.8) is 0 Å². The Hall–Kier alpha value is -2.73. The molecule has 2 aromatic heterocycles. The highest BCUT2D eigenvalue weighted by atomic mass is 16.2. The third-order valence-electron chi connectivity index (χ3n) is 6.47. The van der Waals surface area contributed by atoms with Gasteiger partial charge in [0.25, 0.3) is 5.91 Å². The standard InChI is InChI=1S/C23H27N5O/c29-22(27-11-4-8-23(16-27)9-10-24-15-23)19-13-20-21(25-14-19)28(17-26-20)12-7-18-5-2-1-3-6-18/h1-3,5-6,13-14,17,24H,4,7-12,15-16H2. The lowest BCUT2D eigenvalue weighted by Gasteiger charge is -2.40. The van der Waals surface area contributed by atoms with Gasteiger partial charge in [-0.2, -0.15) is 0 Å². The van der Waals surface area contributed by atoms with Crippen LogP contribution in [0.25, 0.3) is 11.2 Å². The molecule has 2 aliphatic rings. The van der Waals surface area contributed by atoms with E-state index in [-0.39, 0.29) is 11.3 Å². The second-order valence-electron chi connectivity index (χ2n) is 8.50. The SMILES string of the molecule is O=C(c1cnc2c(c1)ncn2CCc1ccccc1)N1CCCC2(CCNC2)C1. The van der Waals surface area contributed by atoms with Gasteiger partial charge in [-0.05, 0) is 43.9 Å². The van der Waals surface area contributed by atoms with Crippen molar-refractivity contribution in [1.82, 2.24) is 24.8 Å². The molecular formula is C23H27N5O. The summed E-state index contributed by atoms with van der Waals surface area (Å²) < 4.78 is 2.07. The molecule has 1 N–H and O–H groups in total. The summed E-state index contributed by atoms with van der Waals surface area (Å²) in [7, 11) is 0. The van der Waals surface area contributed by atoms with Crippen LogP contribution >= 0.6 is 0 Å². The number of amides is 1. The van der Waals surface area contributed by atoms with Crippen molar-refractivity contribution in [3.05, 3.63) is 60.0 Å². The molecule has 4 heterocycles. The van der Waals surface area contributed by atoms with Crippen molar-refractivity contribution in [2.24, 2.45) is 5.41 Å². The number of aryl methyl sites for hydroxylation is 2. The molecule has 2 aliphatic heterocycles. The number of imidazole rings is 1. The lowest BCUT2D eigenvalue weighted by Crippen LogP contribution is -2.47. The van der Waals surface area contributed by atoms with Gasteiger partial charge in [0.15, 0.2) is 5.65 Å². The molecule has 5 rings (SSSR count). The van der Waals surface area contributed by atoms with Crippen LogP contribution in [0.3, 0.4) is 0 Å². The highest BCUT2D eigenvalue weighted by Crippen LogP contribution is 2.36. The number of nitrogens with zero attached hydrogens (tertiary/aromatic N) is 4. The molecule has 0 radical (unpaired) electrons. The highest BCUT2D eigenvalue weighted by Gasteiger charge is 2.39.